The molecule has 2 aliphatic rings. The molecule has 6 rings (SSSR count). The summed E-state index contributed by atoms with van der Waals surface area (Å²) in [5.41, 5.74) is 5.98. The normalized spacial score (nSPS) is 15.1. The number of likely N-dealkylation sites (N-methyl/N-ethyl adjacent to an activating group) is 1. The summed E-state index contributed by atoms with van der Waals surface area (Å²) < 4.78 is 0. The maximum atomic E-state index is 12.9. The highest BCUT2D eigenvalue weighted by molar-refractivity contribution is 6.31. The van der Waals surface area contributed by atoms with Crippen LogP contribution >= 0.6 is 11.6 Å². The largest absolute Gasteiger partial charge is 0.507 e. The average molecular weight is 539 g/mol. The molecule has 3 aromatic carbocycles. The highest BCUT2D eigenvalue weighted by Crippen LogP contribution is 2.35. The van der Waals surface area contributed by atoms with E-state index in [0.29, 0.717) is 34.4 Å². The van der Waals surface area contributed by atoms with Gasteiger partial charge < -0.3 is 20.2 Å². The second-order valence-corrected chi connectivity index (χ2v) is 10.2. The van der Waals surface area contributed by atoms with Crippen molar-refractivity contribution in [2.45, 2.75) is 6.54 Å². The molecule has 0 radical (unpaired) electrons. The molecule has 0 spiro atoms. The molecule has 2 aliphatic heterocycles. The van der Waals surface area contributed by atoms with E-state index in [1.165, 1.54) is 0 Å². The maximum absolute atomic E-state index is 12.9. The summed E-state index contributed by atoms with van der Waals surface area (Å²) in [7, 11) is 2.07. The Bertz CT molecular complexity index is 1580. The second-order valence-electron chi connectivity index (χ2n) is 9.74. The van der Waals surface area contributed by atoms with Gasteiger partial charge in [-0.2, -0.15) is 0 Å². The Morgan fingerprint density at radius 2 is 1.72 bits per heavy atom. The third-order valence-corrected chi connectivity index (χ3v) is 7.34. The van der Waals surface area contributed by atoms with Gasteiger partial charge in [0.05, 0.1) is 18.0 Å². The lowest BCUT2D eigenvalue weighted by Crippen LogP contribution is -2.47. The summed E-state index contributed by atoms with van der Waals surface area (Å²) in [5, 5.41) is 14.4. The van der Waals surface area contributed by atoms with E-state index in [-0.39, 0.29) is 11.7 Å². The predicted molar refractivity (Wildman–Crippen MR) is 153 cm³/mol. The maximum Gasteiger partial charge on any atom is 0.253 e. The van der Waals surface area contributed by atoms with Crippen LogP contribution in [-0.4, -0.2) is 69.7 Å². The minimum Gasteiger partial charge on any atom is -0.507 e. The molecule has 9 heteroatoms. The molecule has 0 aliphatic carbocycles. The number of fused-ring (bicyclic) bond motifs is 3. The quantitative estimate of drug-likeness (QED) is 0.380. The topological polar surface area (TPSA) is 94.0 Å². The molecule has 1 aromatic heterocycles. The summed E-state index contributed by atoms with van der Waals surface area (Å²) in [6.45, 7) is 3.60. The fourth-order valence-corrected chi connectivity index (χ4v) is 5.08. The van der Waals surface area contributed by atoms with E-state index in [1.807, 2.05) is 59.5 Å². The summed E-state index contributed by atoms with van der Waals surface area (Å²) in [5.74, 6) is 0.626. The van der Waals surface area contributed by atoms with Crippen LogP contribution in [0.5, 0.6) is 5.75 Å². The lowest BCUT2D eigenvalue weighted by atomic mass is 9.95. The van der Waals surface area contributed by atoms with Gasteiger partial charge in [-0.3, -0.25) is 9.79 Å². The van der Waals surface area contributed by atoms with Crippen molar-refractivity contribution in [2.75, 3.05) is 38.5 Å². The van der Waals surface area contributed by atoms with E-state index in [0.717, 1.165) is 54.3 Å². The van der Waals surface area contributed by atoms with E-state index in [1.54, 1.807) is 18.3 Å². The number of anilines is 2. The van der Waals surface area contributed by atoms with Gasteiger partial charge in [0.1, 0.15) is 5.75 Å². The number of carbonyl (C=O) groups excluding carboxylic acids is 1. The molecule has 196 valence electrons. The Hall–Kier alpha value is -4.27. The molecule has 0 unspecified atom stereocenters. The van der Waals surface area contributed by atoms with E-state index < -0.39 is 0 Å². The van der Waals surface area contributed by atoms with Gasteiger partial charge in [0.2, 0.25) is 5.95 Å². The summed E-state index contributed by atoms with van der Waals surface area (Å²) in [6.07, 6.45) is 1.77. The Labute approximate surface area is 231 Å². The zero-order valence-corrected chi connectivity index (χ0v) is 22.2. The third-order valence-electron chi connectivity index (χ3n) is 7.10. The number of hydrogen-bond acceptors (Lipinski definition) is 7. The smallest absolute Gasteiger partial charge is 0.253 e. The van der Waals surface area contributed by atoms with Crippen LogP contribution in [0.15, 0.2) is 77.9 Å². The third kappa shape index (κ3) is 5.08. The number of para-hydroxylation sites is 1. The van der Waals surface area contributed by atoms with Crippen LogP contribution in [0.4, 0.5) is 11.6 Å². The molecule has 3 heterocycles. The van der Waals surface area contributed by atoms with Gasteiger partial charge in [-0.1, -0.05) is 29.8 Å². The van der Waals surface area contributed by atoms with Crippen molar-refractivity contribution in [3.05, 3.63) is 100 Å². The molecule has 1 fully saturated rings. The number of rotatable bonds is 4. The number of aliphatic imine (C=N–C) groups is 1. The lowest BCUT2D eigenvalue weighted by Gasteiger charge is -2.32. The van der Waals surface area contributed by atoms with Gasteiger partial charge in [-0.15, -0.1) is 0 Å². The summed E-state index contributed by atoms with van der Waals surface area (Å²) >= 11 is 6.39. The summed E-state index contributed by atoms with van der Waals surface area (Å²) in [4.78, 5) is 31.2. The van der Waals surface area contributed by atoms with Gasteiger partial charge in [0.25, 0.3) is 5.91 Å². The fraction of sp³-hybridized carbons (Fsp3) is 0.200. The number of phenols is 1. The number of hydrogen-bond donors (Lipinski definition) is 2. The molecule has 2 N–H and O–H groups in total. The van der Waals surface area contributed by atoms with Crippen LogP contribution in [0.25, 0.3) is 11.3 Å². The molecule has 0 saturated carbocycles. The number of aromatic hydroxyl groups is 1. The van der Waals surface area contributed by atoms with E-state index >= 15 is 0 Å². The number of benzene rings is 3. The number of nitrogens with one attached hydrogen (secondary N) is 1. The van der Waals surface area contributed by atoms with Crippen molar-refractivity contribution in [1.29, 1.82) is 0 Å². The first-order valence-corrected chi connectivity index (χ1v) is 13.2. The van der Waals surface area contributed by atoms with Crippen LogP contribution in [0.1, 0.15) is 27.0 Å². The molecule has 4 aromatic rings. The van der Waals surface area contributed by atoms with Crippen molar-refractivity contribution in [2.24, 2.45) is 4.99 Å². The van der Waals surface area contributed by atoms with Crippen LogP contribution in [0.3, 0.4) is 0 Å². The number of aromatic nitrogens is 2. The molecule has 1 amide bonds. The minimum atomic E-state index is 0.0476. The highest BCUT2D eigenvalue weighted by Gasteiger charge is 2.23. The first-order valence-electron chi connectivity index (χ1n) is 12.8. The van der Waals surface area contributed by atoms with Gasteiger partial charge in [-0.05, 0) is 55.6 Å². The number of phenolic OH excluding ortho intramolecular Hbond substituents is 1. The van der Waals surface area contributed by atoms with E-state index in [4.69, 9.17) is 21.6 Å². The number of halogens is 1. The SMILES string of the molecule is CN1CCN(C(=O)c2ccc(Nc3ncc4c(n3)-c3ccc(Cl)cc3C(c3ccccc3O)=NC4)cc2)CC1. The monoisotopic (exact) mass is 538 g/mol. The molecule has 0 atom stereocenters. The zero-order chi connectivity index (χ0) is 26.9. The molecule has 1 saturated heterocycles. The van der Waals surface area contributed by atoms with Crippen molar-refractivity contribution in [1.82, 2.24) is 19.8 Å². The van der Waals surface area contributed by atoms with E-state index in [2.05, 4.69) is 22.2 Å². The molecule has 8 nitrogen and oxygen atoms in total. The van der Waals surface area contributed by atoms with Gasteiger partial charge in [0, 0.05) is 70.9 Å². The summed E-state index contributed by atoms with van der Waals surface area (Å²) in [6, 6.07) is 20.1. The Balaban J connectivity index is 1.28. The first-order chi connectivity index (χ1) is 19.0. The molecular weight excluding hydrogens is 512 g/mol. The average Bonchev–Trinajstić information content (AvgIpc) is 3.10. The minimum absolute atomic E-state index is 0.0476. The molecule has 0 bridgehead atoms. The van der Waals surface area contributed by atoms with Crippen LogP contribution in [0.2, 0.25) is 5.02 Å². The van der Waals surface area contributed by atoms with Crippen molar-refractivity contribution < 1.29 is 9.90 Å². The highest BCUT2D eigenvalue weighted by atomic mass is 35.5. The number of nitrogens with zero attached hydrogens (tertiary/aromatic N) is 5. The Morgan fingerprint density at radius 1 is 0.949 bits per heavy atom. The van der Waals surface area contributed by atoms with Gasteiger partial charge in [-0.25, -0.2) is 9.97 Å². The standard InChI is InChI=1S/C30H27ClN6O2/c1-36-12-14-37(15-13-36)29(39)19-6-9-22(10-7-19)34-30-33-18-20-17-32-28(24-4-2-3-5-26(24)38)25-16-21(31)8-11-23(25)27(20)35-30/h2-11,16,18,38H,12-15,17H2,1H3,(H,33,34,35). The van der Waals surface area contributed by atoms with Crippen molar-refractivity contribution in [3.63, 3.8) is 0 Å². The van der Waals surface area contributed by atoms with Crippen LogP contribution < -0.4 is 5.32 Å². The van der Waals surface area contributed by atoms with Crippen molar-refractivity contribution in [3.8, 4) is 17.0 Å². The predicted octanol–water partition coefficient (Wildman–Crippen LogP) is 4.98. The molecule has 39 heavy (non-hydrogen) atoms. The van der Waals surface area contributed by atoms with Crippen LogP contribution in [-0.2, 0) is 6.54 Å². The molecular formula is C30H27ClN6O2. The van der Waals surface area contributed by atoms with Gasteiger partial charge >= 0.3 is 0 Å². The van der Waals surface area contributed by atoms with Crippen LogP contribution in [0, 0.1) is 0 Å². The van der Waals surface area contributed by atoms with E-state index in [9.17, 15) is 9.90 Å². The zero-order valence-electron chi connectivity index (χ0n) is 21.4. The van der Waals surface area contributed by atoms with Gasteiger partial charge in [0.15, 0.2) is 0 Å². The Morgan fingerprint density at radius 3 is 2.49 bits per heavy atom. The Kier molecular flexibility index (Phi) is 6.72. The fourth-order valence-electron chi connectivity index (χ4n) is 4.91. The number of amides is 1. The lowest BCUT2D eigenvalue weighted by molar-refractivity contribution is 0.0664. The second kappa shape index (κ2) is 10.5. The number of piperazine rings is 1. The van der Waals surface area contributed by atoms with Crippen molar-refractivity contribution >= 4 is 34.9 Å². The first kappa shape index (κ1) is 25.0. The number of carbonyl (C=O) groups is 1.